The van der Waals surface area contributed by atoms with Crippen molar-refractivity contribution in [3.63, 3.8) is 0 Å². The first kappa shape index (κ1) is 20.1. The number of guanidine groups is 1. The predicted octanol–water partition coefficient (Wildman–Crippen LogP) is 3.02. The summed E-state index contributed by atoms with van der Waals surface area (Å²) in [6.07, 6.45) is 4.53. The Kier molecular flexibility index (Phi) is 7.23. The van der Waals surface area contributed by atoms with Gasteiger partial charge in [0.25, 0.3) is 0 Å². The van der Waals surface area contributed by atoms with E-state index in [9.17, 15) is 4.79 Å². The standard InChI is InChI=1S/C22H30N4O2/c1-3-23-22(26-15-7-11-19(16-26)21(27)28-4-2)25-14-12-18-9-5-8-17-10-6-13-24-20(17)18/h5-6,8-10,13,19H,3-4,7,11-12,14-16H2,1-2H3,(H,23,25). The zero-order chi connectivity index (χ0) is 19.8. The first-order valence-electron chi connectivity index (χ1n) is 10.3. The maximum atomic E-state index is 12.1. The number of carbonyl (C=O) groups excluding carboxylic acids is 1. The Hall–Kier alpha value is -2.63. The van der Waals surface area contributed by atoms with Crippen molar-refractivity contribution < 1.29 is 9.53 Å². The molecule has 28 heavy (non-hydrogen) atoms. The number of carbonyl (C=O) groups is 1. The SMILES string of the molecule is CCNC(=NCCc1cccc2cccnc12)N1CCCC(C(=O)OCC)C1. The highest BCUT2D eigenvalue weighted by molar-refractivity contribution is 5.82. The summed E-state index contributed by atoms with van der Waals surface area (Å²) >= 11 is 0. The van der Waals surface area contributed by atoms with Gasteiger partial charge in [-0.1, -0.05) is 24.3 Å². The average molecular weight is 383 g/mol. The number of aliphatic imine (C=N–C) groups is 1. The zero-order valence-electron chi connectivity index (χ0n) is 16.9. The van der Waals surface area contributed by atoms with Crippen LogP contribution >= 0.6 is 0 Å². The Morgan fingerprint density at radius 3 is 3.00 bits per heavy atom. The van der Waals surface area contributed by atoms with Gasteiger partial charge in [0.1, 0.15) is 0 Å². The van der Waals surface area contributed by atoms with E-state index in [1.165, 1.54) is 5.56 Å². The van der Waals surface area contributed by atoms with Gasteiger partial charge in [0.15, 0.2) is 5.96 Å². The molecular formula is C22H30N4O2. The van der Waals surface area contributed by atoms with Gasteiger partial charge in [0.05, 0.1) is 18.0 Å². The molecule has 0 saturated carbocycles. The largest absolute Gasteiger partial charge is 0.466 e. The van der Waals surface area contributed by atoms with Crippen molar-refractivity contribution in [2.24, 2.45) is 10.9 Å². The Balaban J connectivity index is 1.67. The van der Waals surface area contributed by atoms with E-state index in [0.29, 0.717) is 19.7 Å². The van der Waals surface area contributed by atoms with Crippen LogP contribution in [-0.4, -0.2) is 54.6 Å². The summed E-state index contributed by atoms with van der Waals surface area (Å²) < 4.78 is 5.22. The van der Waals surface area contributed by atoms with Gasteiger partial charge in [0, 0.05) is 37.8 Å². The van der Waals surface area contributed by atoms with Crippen molar-refractivity contribution in [1.82, 2.24) is 15.2 Å². The number of para-hydroxylation sites is 1. The third kappa shape index (κ3) is 5.00. The van der Waals surface area contributed by atoms with E-state index in [1.807, 2.05) is 19.2 Å². The van der Waals surface area contributed by atoms with Gasteiger partial charge in [-0.25, -0.2) is 0 Å². The molecule has 1 aromatic carbocycles. The monoisotopic (exact) mass is 382 g/mol. The first-order chi connectivity index (χ1) is 13.7. The Bertz CT molecular complexity index is 816. The molecule has 0 amide bonds. The number of fused-ring (bicyclic) bond motifs is 1. The van der Waals surface area contributed by atoms with Crippen LogP contribution in [0, 0.1) is 5.92 Å². The quantitative estimate of drug-likeness (QED) is 0.473. The number of pyridine rings is 1. The second kappa shape index (κ2) is 10.1. The predicted molar refractivity (Wildman–Crippen MR) is 112 cm³/mol. The molecule has 1 unspecified atom stereocenters. The molecule has 6 heteroatoms. The third-order valence-corrected chi connectivity index (χ3v) is 5.03. The topological polar surface area (TPSA) is 66.8 Å². The van der Waals surface area contributed by atoms with Gasteiger partial charge in [-0.15, -0.1) is 0 Å². The van der Waals surface area contributed by atoms with Crippen LogP contribution in [0.3, 0.4) is 0 Å². The fraction of sp³-hybridized carbons (Fsp3) is 0.500. The van der Waals surface area contributed by atoms with Gasteiger partial charge >= 0.3 is 5.97 Å². The molecule has 6 nitrogen and oxygen atoms in total. The molecule has 1 saturated heterocycles. The number of likely N-dealkylation sites (tertiary alicyclic amines) is 1. The molecule has 2 heterocycles. The van der Waals surface area contributed by atoms with Gasteiger partial charge in [-0.3, -0.25) is 14.8 Å². The van der Waals surface area contributed by atoms with Crippen LogP contribution in [0.2, 0.25) is 0 Å². The minimum atomic E-state index is -0.0927. The minimum Gasteiger partial charge on any atom is -0.466 e. The summed E-state index contributed by atoms with van der Waals surface area (Å²) in [7, 11) is 0. The second-order valence-corrected chi connectivity index (χ2v) is 7.02. The van der Waals surface area contributed by atoms with E-state index in [2.05, 4.69) is 46.4 Å². The maximum Gasteiger partial charge on any atom is 0.310 e. The molecule has 3 rings (SSSR count). The number of aromatic nitrogens is 1. The Morgan fingerprint density at radius 2 is 2.18 bits per heavy atom. The Morgan fingerprint density at radius 1 is 1.32 bits per heavy atom. The molecule has 2 aromatic rings. The fourth-order valence-corrected chi connectivity index (χ4v) is 3.70. The lowest BCUT2D eigenvalue weighted by Crippen LogP contribution is -2.48. The van der Waals surface area contributed by atoms with Crippen LogP contribution in [0.4, 0.5) is 0 Å². The number of benzene rings is 1. The van der Waals surface area contributed by atoms with Crippen LogP contribution in [-0.2, 0) is 16.0 Å². The number of hydrogen-bond donors (Lipinski definition) is 1. The molecule has 0 aliphatic carbocycles. The zero-order valence-corrected chi connectivity index (χ0v) is 16.9. The maximum absolute atomic E-state index is 12.1. The highest BCUT2D eigenvalue weighted by atomic mass is 16.5. The number of nitrogens with zero attached hydrogens (tertiary/aromatic N) is 3. The fourth-order valence-electron chi connectivity index (χ4n) is 3.70. The number of nitrogens with one attached hydrogen (secondary N) is 1. The van der Waals surface area contributed by atoms with Crippen molar-refractivity contribution in [1.29, 1.82) is 0 Å². The molecule has 0 bridgehead atoms. The van der Waals surface area contributed by atoms with Gasteiger partial charge in [-0.2, -0.15) is 0 Å². The molecule has 1 aromatic heterocycles. The number of hydrogen-bond acceptors (Lipinski definition) is 4. The number of esters is 1. The molecule has 1 N–H and O–H groups in total. The number of piperidine rings is 1. The highest BCUT2D eigenvalue weighted by Crippen LogP contribution is 2.19. The lowest BCUT2D eigenvalue weighted by Gasteiger charge is -2.34. The van der Waals surface area contributed by atoms with Crippen LogP contribution < -0.4 is 5.32 Å². The van der Waals surface area contributed by atoms with E-state index in [0.717, 1.165) is 49.2 Å². The molecule has 150 valence electrons. The normalized spacial score (nSPS) is 17.6. The Labute approximate surface area is 167 Å². The molecule has 1 fully saturated rings. The molecule has 0 radical (unpaired) electrons. The summed E-state index contributed by atoms with van der Waals surface area (Å²) in [4.78, 5) is 23.7. The molecule has 1 aliphatic rings. The van der Waals surface area contributed by atoms with E-state index in [4.69, 9.17) is 9.73 Å². The van der Waals surface area contributed by atoms with E-state index in [-0.39, 0.29) is 11.9 Å². The minimum absolute atomic E-state index is 0.0696. The van der Waals surface area contributed by atoms with Crippen LogP contribution in [0.1, 0.15) is 32.3 Å². The molecular weight excluding hydrogens is 352 g/mol. The first-order valence-corrected chi connectivity index (χ1v) is 10.3. The van der Waals surface area contributed by atoms with Crippen molar-refractivity contribution in [3.8, 4) is 0 Å². The van der Waals surface area contributed by atoms with Crippen LogP contribution in [0.5, 0.6) is 0 Å². The van der Waals surface area contributed by atoms with Crippen molar-refractivity contribution in [2.75, 3.05) is 32.8 Å². The summed E-state index contributed by atoms with van der Waals surface area (Å²) in [6.45, 7) is 7.41. The average Bonchev–Trinajstić information content (AvgIpc) is 2.73. The van der Waals surface area contributed by atoms with Gasteiger partial charge in [0.2, 0.25) is 0 Å². The third-order valence-electron chi connectivity index (χ3n) is 5.03. The lowest BCUT2D eigenvalue weighted by molar-refractivity contribution is -0.149. The highest BCUT2D eigenvalue weighted by Gasteiger charge is 2.28. The van der Waals surface area contributed by atoms with E-state index < -0.39 is 0 Å². The second-order valence-electron chi connectivity index (χ2n) is 7.02. The molecule has 1 aliphatic heterocycles. The summed E-state index contributed by atoms with van der Waals surface area (Å²) in [5.41, 5.74) is 2.26. The number of rotatable bonds is 6. The number of ether oxygens (including phenoxy) is 1. The lowest BCUT2D eigenvalue weighted by atomic mass is 9.98. The molecule has 0 spiro atoms. The van der Waals surface area contributed by atoms with Crippen molar-refractivity contribution >= 4 is 22.8 Å². The van der Waals surface area contributed by atoms with Crippen LogP contribution in [0.25, 0.3) is 10.9 Å². The van der Waals surface area contributed by atoms with Crippen LogP contribution in [0.15, 0.2) is 41.5 Å². The van der Waals surface area contributed by atoms with E-state index in [1.54, 1.807) is 0 Å². The van der Waals surface area contributed by atoms with Crippen molar-refractivity contribution in [2.45, 2.75) is 33.1 Å². The summed E-state index contributed by atoms with van der Waals surface area (Å²) in [5, 5.41) is 4.53. The summed E-state index contributed by atoms with van der Waals surface area (Å²) in [5.74, 6) is 0.717. The molecule has 1 atom stereocenters. The van der Waals surface area contributed by atoms with Gasteiger partial charge in [-0.05, 0) is 44.7 Å². The smallest absolute Gasteiger partial charge is 0.310 e. The van der Waals surface area contributed by atoms with Gasteiger partial charge < -0.3 is 15.0 Å². The summed E-state index contributed by atoms with van der Waals surface area (Å²) in [6, 6.07) is 10.3. The van der Waals surface area contributed by atoms with Crippen molar-refractivity contribution in [3.05, 3.63) is 42.1 Å². The van der Waals surface area contributed by atoms with E-state index >= 15 is 0 Å².